The Bertz CT molecular complexity index is 892. The van der Waals surface area contributed by atoms with Gasteiger partial charge in [-0.05, 0) is 30.0 Å². The maximum absolute atomic E-state index is 13.1. The van der Waals surface area contributed by atoms with Crippen molar-refractivity contribution in [1.29, 1.82) is 0 Å². The smallest absolute Gasteiger partial charge is 0.351 e. The van der Waals surface area contributed by atoms with Crippen LogP contribution in [0.3, 0.4) is 0 Å². The Balaban J connectivity index is 1.86. The predicted molar refractivity (Wildman–Crippen MR) is 98.1 cm³/mol. The Hall–Kier alpha value is -2.84. The summed E-state index contributed by atoms with van der Waals surface area (Å²) in [5, 5.41) is 6.52. The third-order valence-corrected chi connectivity index (χ3v) is 4.84. The highest BCUT2D eigenvalue weighted by Gasteiger charge is 2.32. The van der Waals surface area contributed by atoms with Crippen molar-refractivity contribution in [3.05, 3.63) is 52.9 Å². The average molecular weight is 409 g/mol. The lowest BCUT2D eigenvalue weighted by Crippen LogP contribution is -2.38. The zero-order chi connectivity index (χ0) is 21.2. The molecular weight excluding hydrogens is 387 g/mol. The van der Waals surface area contributed by atoms with E-state index in [0.717, 1.165) is 12.1 Å². The minimum atomic E-state index is -4.51. The molecule has 0 saturated carbocycles. The van der Waals surface area contributed by atoms with E-state index < -0.39 is 23.7 Å². The lowest BCUT2D eigenvalue weighted by molar-refractivity contribution is -0.137. The van der Waals surface area contributed by atoms with Crippen LogP contribution in [0.4, 0.5) is 13.2 Å². The fourth-order valence-electron chi connectivity index (χ4n) is 3.18. The van der Waals surface area contributed by atoms with Gasteiger partial charge in [-0.1, -0.05) is 31.1 Å². The number of alkyl halides is 3. The Kier molecular flexibility index (Phi) is 5.95. The fraction of sp³-hybridized carbons (Fsp3) is 0.450. The maximum Gasteiger partial charge on any atom is 0.416 e. The van der Waals surface area contributed by atoms with Crippen LogP contribution in [-0.4, -0.2) is 35.0 Å². The van der Waals surface area contributed by atoms with Crippen molar-refractivity contribution in [3.8, 4) is 0 Å². The van der Waals surface area contributed by atoms with Gasteiger partial charge in [0.2, 0.25) is 11.7 Å². The summed E-state index contributed by atoms with van der Waals surface area (Å²) < 4.78 is 44.5. The van der Waals surface area contributed by atoms with E-state index in [1.165, 1.54) is 18.2 Å². The molecule has 156 valence electrons. The van der Waals surface area contributed by atoms with Crippen LogP contribution in [0.1, 0.15) is 66.0 Å². The van der Waals surface area contributed by atoms with Crippen molar-refractivity contribution < 1.29 is 27.3 Å². The SMILES string of the molecule is CC(C)c1cc(C(=O)NC(CN2CCCC2=O)c2cccc(C(F)(F)F)c2)on1. The topological polar surface area (TPSA) is 75.4 Å². The summed E-state index contributed by atoms with van der Waals surface area (Å²) in [7, 11) is 0. The number of carbonyl (C=O) groups excluding carboxylic acids is 2. The molecule has 1 aromatic carbocycles. The van der Waals surface area contributed by atoms with Crippen LogP contribution in [0, 0.1) is 0 Å². The largest absolute Gasteiger partial charge is 0.416 e. The minimum absolute atomic E-state index is 0.0292. The Morgan fingerprint density at radius 2 is 2.07 bits per heavy atom. The number of nitrogens with zero attached hydrogens (tertiary/aromatic N) is 2. The van der Waals surface area contributed by atoms with Crippen molar-refractivity contribution in [3.63, 3.8) is 0 Å². The maximum atomic E-state index is 13.1. The summed E-state index contributed by atoms with van der Waals surface area (Å²) in [5.74, 6) is -0.656. The first-order valence-corrected chi connectivity index (χ1v) is 9.37. The molecule has 2 heterocycles. The molecule has 9 heteroatoms. The Labute approximate surface area is 166 Å². The van der Waals surface area contributed by atoms with Gasteiger partial charge < -0.3 is 14.7 Å². The van der Waals surface area contributed by atoms with E-state index in [0.29, 0.717) is 25.1 Å². The Morgan fingerprint density at radius 1 is 1.31 bits per heavy atom. The molecule has 1 aliphatic rings. The monoisotopic (exact) mass is 409 g/mol. The fourth-order valence-corrected chi connectivity index (χ4v) is 3.18. The van der Waals surface area contributed by atoms with Gasteiger partial charge in [-0.15, -0.1) is 0 Å². The number of benzene rings is 1. The number of hydrogen-bond donors (Lipinski definition) is 1. The van der Waals surface area contributed by atoms with Gasteiger partial charge in [0, 0.05) is 25.6 Å². The lowest BCUT2D eigenvalue weighted by atomic mass is 10.0. The third-order valence-electron chi connectivity index (χ3n) is 4.84. The molecule has 2 amide bonds. The van der Waals surface area contributed by atoms with Crippen molar-refractivity contribution >= 4 is 11.8 Å². The molecular formula is C20H22F3N3O3. The molecule has 1 atom stereocenters. The Morgan fingerprint density at radius 3 is 2.66 bits per heavy atom. The molecule has 1 fully saturated rings. The summed E-state index contributed by atoms with van der Waals surface area (Å²) in [4.78, 5) is 26.2. The molecule has 1 saturated heterocycles. The van der Waals surface area contributed by atoms with E-state index in [1.807, 2.05) is 13.8 Å². The second-order valence-corrected chi connectivity index (χ2v) is 7.36. The van der Waals surface area contributed by atoms with Crippen LogP contribution in [0.2, 0.25) is 0 Å². The molecule has 0 spiro atoms. The first kappa shape index (κ1) is 20.9. The summed E-state index contributed by atoms with van der Waals surface area (Å²) >= 11 is 0. The van der Waals surface area contributed by atoms with Crippen LogP contribution in [-0.2, 0) is 11.0 Å². The predicted octanol–water partition coefficient (Wildman–Crippen LogP) is 3.91. The van der Waals surface area contributed by atoms with Gasteiger partial charge in [-0.25, -0.2) is 0 Å². The third kappa shape index (κ3) is 4.96. The van der Waals surface area contributed by atoms with Crippen LogP contribution < -0.4 is 5.32 Å². The first-order valence-electron chi connectivity index (χ1n) is 9.37. The van der Waals surface area contributed by atoms with E-state index in [2.05, 4.69) is 10.5 Å². The highest BCUT2D eigenvalue weighted by atomic mass is 19.4. The van der Waals surface area contributed by atoms with E-state index in [4.69, 9.17) is 4.52 Å². The molecule has 1 unspecified atom stereocenters. The number of nitrogens with one attached hydrogen (secondary N) is 1. The number of carbonyl (C=O) groups is 2. The molecule has 3 rings (SSSR count). The second-order valence-electron chi connectivity index (χ2n) is 7.36. The number of likely N-dealkylation sites (tertiary alicyclic amines) is 1. The summed E-state index contributed by atoms with van der Waals surface area (Å²) in [6.45, 7) is 4.37. The van der Waals surface area contributed by atoms with Gasteiger partial charge in [0.05, 0.1) is 17.3 Å². The molecule has 1 N–H and O–H groups in total. The van der Waals surface area contributed by atoms with Gasteiger partial charge in [0.1, 0.15) is 0 Å². The summed E-state index contributed by atoms with van der Waals surface area (Å²) in [6, 6.07) is 5.43. The molecule has 29 heavy (non-hydrogen) atoms. The highest BCUT2D eigenvalue weighted by Crippen LogP contribution is 2.31. The number of hydrogen-bond acceptors (Lipinski definition) is 4. The first-order chi connectivity index (χ1) is 13.6. The standard InChI is InChI=1S/C20H22F3N3O3/c1-12(2)15-10-17(29-25-15)19(28)24-16(11-26-8-4-7-18(26)27)13-5-3-6-14(9-13)20(21,22)23/h3,5-6,9-10,12,16H,4,7-8,11H2,1-2H3,(H,24,28). The molecule has 0 aliphatic carbocycles. The van der Waals surface area contributed by atoms with Crippen LogP contribution in [0.5, 0.6) is 0 Å². The van der Waals surface area contributed by atoms with Crippen LogP contribution in [0.25, 0.3) is 0 Å². The van der Waals surface area contributed by atoms with Crippen molar-refractivity contribution in [1.82, 2.24) is 15.4 Å². The molecule has 6 nitrogen and oxygen atoms in total. The minimum Gasteiger partial charge on any atom is -0.351 e. The average Bonchev–Trinajstić information content (AvgIpc) is 3.30. The van der Waals surface area contributed by atoms with E-state index in [-0.39, 0.29) is 29.7 Å². The van der Waals surface area contributed by atoms with Gasteiger partial charge >= 0.3 is 6.18 Å². The zero-order valence-corrected chi connectivity index (χ0v) is 16.1. The van der Waals surface area contributed by atoms with Crippen LogP contribution in [0.15, 0.2) is 34.9 Å². The zero-order valence-electron chi connectivity index (χ0n) is 16.1. The van der Waals surface area contributed by atoms with Gasteiger partial charge in [0.15, 0.2) is 0 Å². The van der Waals surface area contributed by atoms with E-state index in [9.17, 15) is 22.8 Å². The lowest BCUT2D eigenvalue weighted by Gasteiger charge is -2.25. The highest BCUT2D eigenvalue weighted by molar-refractivity contribution is 5.91. The van der Waals surface area contributed by atoms with Crippen molar-refractivity contribution in [2.45, 2.75) is 44.8 Å². The number of halogens is 3. The molecule has 1 aromatic heterocycles. The summed E-state index contributed by atoms with van der Waals surface area (Å²) in [6.07, 6.45) is -3.43. The number of rotatable bonds is 6. The van der Waals surface area contributed by atoms with Gasteiger partial charge in [-0.3, -0.25) is 9.59 Å². The van der Waals surface area contributed by atoms with Gasteiger partial charge in [-0.2, -0.15) is 13.2 Å². The molecule has 2 aromatic rings. The molecule has 1 aliphatic heterocycles. The van der Waals surface area contributed by atoms with Crippen molar-refractivity contribution in [2.24, 2.45) is 0 Å². The second kappa shape index (κ2) is 8.26. The normalized spacial score (nSPS) is 15.8. The van der Waals surface area contributed by atoms with E-state index in [1.54, 1.807) is 4.90 Å². The van der Waals surface area contributed by atoms with E-state index >= 15 is 0 Å². The van der Waals surface area contributed by atoms with Gasteiger partial charge in [0.25, 0.3) is 5.91 Å². The van der Waals surface area contributed by atoms with Crippen LogP contribution >= 0.6 is 0 Å². The van der Waals surface area contributed by atoms with Crippen molar-refractivity contribution in [2.75, 3.05) is 13.1 Å². The molecule has 0 bridgehead atoms. The summed E-state index contributed by atoms with van der Waals surface area (Å²) in [5.41, 5.74) is 0.0423. The number of aromatic nitrogens is 1. The number of amides is 2. The quantitative estimate of drug-likeness (QED) is 0.785. The molecule has 0 radical (unpaired) electrons.